The lowest BCUT2D eigenvalue weighted by atomic mass is 10.3. The Bertz CT molecular complexity index is 283. The number of hydrogen-bond acceptors (Lipinski definition) is 3. The normalized spacial score (nSPS) is 10.4. The summed E-state index contributed by atoms with van der Waals surface area (Å²) in [6, 6.07) is 1.38. The number of hydrogen-bond donors (Lipinski definition) is 2. The van der Waals surface area contributed by atoms with Crippen molar-refractivity contribution in [2.24, 2.45) is 0 Å². The van der Waals surface area contributed by atoms with E-state index in [4.69, 9.17) is 11.6 Å². The van der Waals surface area contributed by atoms with Crippen molar-refractivity contribution in [3.8, 4) is 0 Å². The first-order chi connectivity index (χ1) is 6.24. The number of nitrogens with zero attached hydrogens (tertiary/aromatic N) is 1. The second kappa shape index (κ2) is 5.42. The van der Waals surface area contributed by atoms with E-state index in [1.807, 2.05) is 0 Å². The second-order valence-electron chi connectivity index (χ2n) is 2.52. The minimum Gasteiger partial charge on any atom is -0.312 e. The third-order valence-corrected chi connectivity index (χ3v) is 1.97. The Morgan fingerprint density at radius 2 is 2.38 bits per heavy atom. The summed E-state index contributed by atoms with van der Waals surface area (Å²) in [5.74, 6) is 0.274. The smallest absolute Gasteiger partial charge is 0.164 e. The monoisotopic (exact) mass is 220 g/mol. The van der Waals surface area contributed by atoms with Crippen molar-refractivity contribution < 1.29 is 4.39 Å². The molecule has 0 aliphatic carbocycles. The SMILES string of the molecule is Fc1cc(CNCCS)cnc1Cl. The lowest BCUT2D eigenvalue weighted by Gasteiger charge is -2.02. The summed E-state index contributed by atoms with van der Waals surface area (Å²) >= 11 is 9.45. The summed E-state index contributed by atoms with van der Waals surface area (Å²) < 4.78 is 12.9. The predicted octanol–water partition coefficient (Wildman–Crippen LogP) is 1.89. The molecule has 0 saturated heterocycles. The number of halogens is 2. The van der Waals surface area contributed by atoms with Crippen molar-refractivity contribution in [2.75, 3.05) is 12.3 Å². The van der Waals surface area contributed by atoms with Crippen molar-refractivity contribution in [3.63, 3.8) is 0 Å². The summed E-state index contributed by atoms with van der Waals surface area (Å²) in [5.41, 5.74) is 0.781. The highest BCUT2D eigenvalue weighted by Crippen LogP contribution is 2.11. The zero-order valence-electron chi connectivity index (χ0n) is 6.93. The molecule has 0 aliphatic heterocycles. The second-order valence-corrected chi connectivity index (χ2v) is 3.32. The molecule has 72 valence electrons. The molecule has 0 unspecified atom stereocenters. The van der Waals surface area contributed by atoms with Crippen LogP contribution in [-0.2, 0) is 6.54 Å². The Kier molecular flexibility index (Phi) is 4.48. The van der Waals surface area contributed by atoms with E-state index in [1.165, 1.54) is 6.07 Å². The molecule has 0 fully saturated rings. The Hall–Kier alpha value is -0.320. The lowest BCUT2D eigenvalue weighted by molar-refractivity contribution is 0.615. The van der Waals surface area contributed by atoms with Gasteiger partial charge in [-0.2, -0.15) is 12.6 Å². The van der Waals surface area contributed by atoms with Gasteiger partial charge in [0.15, 0.2) is 11.0 Å². The minimum absolute atomic E-state index is 0.0852. The van der Waals surface area contributed by atoms with Crippen LogP contribution in [0.15, 0.2) is 12.3 Å². The van der Waals surface area contributed by atoms with Crippen molar-refractivity contribution in [3.05, 3.63) is 28.8 Å². The van der Waals surface area contributed by atoms with Crippen molar-refractivity contribution in [1.82, 2.24) is 10.3 Å². The molecule has 0 spiro atoms. The molecule has 13 heavy (non-hydrogen) atoms. The van der Waals surface area contributed by atoms with Crippen LogP contribution < -0.4 is 5.32 Å². The third kappa shape index (κ3) is 3.50. The first-order valence-electron chi connectivity index (χ1n) is 3.85. The lowest BCUT2D eigenvalue weighted by Crippen LogP contribution is -2.15. The number of aromatic nitrogens is 1. The molecule has 0 aliphatic rings. The van der Waals surface area contributed by atoms with Gasteiger partial charge in [0, 0.05) is 25.0 Å². The fourth-order valence-electron chi connectivity index (χ4n) is 0.869. The van der Waals surface area contributed by atoms with E-state index in [-0.39, 0.29) is 5.15 Å². The summed E-state index contributed by atoms with van der Waals surface area (Å²) in [6.45, 7) is 1.37. The highest BCUT2D eigenvalue weighted by Gasteiger charge is 2.01. The molecule has 0 atom stereocenters. The molecule has 1 rings (SSSR count). The van der Waals surface area contributed by atoms with Crippen LogP contribution >= 0.6 is 24.2 Å². The molecule has 5 heteroatoms. The third-order valence-electron chi connectivity index (χ3n) is 1.47. The first kappa shape index (κ1) is 10.8. The minimum atomic E-state index is -0.480. The molecule has 1 aromatic rings. The maximum absolute atomic E-state index is 12.9. The summed E-state index contributed by atoms with van der Waals surface area (Å²) in [5, 5.41) is 2.99. The van der Waals surface area contributed by atoms with Crippen molar-refractivity contribution in [2.45, 2.75) is 6.54 Å². The van der Waals surface area contributed by atoms with Crippen LogP contribution in [0.5, 0.6) is 0 Å². The van der Waals surface area contributed by atoms with Gasteiger partial charge in [-0.3, -0.25) is 0 Å². The van der Waals surface area contributed by atoms with Crippen LogP contribution in [0.25, 0.3) is 0 Å². The van der Waals surface area contributed by atoms with Crippen LogP contribution in [0.3, 0.4) is 0 Å². The van der Waals surface area contributed by atoms with E-state index in [1.54, 1.807) is 6.20 Å². The molecule has 0 bridgehead atoms. The fourth-order valence-corrected chi connectivity index (χ4v) is 1.13. The quantitative estimate of drug-likeness (QED) is 0.460. The molecule has 0 radical (unpaired) electrons. The Labute approximate surface area is 86.9 Å². The average molecular weight is 221 g/mol. The molecule has 1 N–H and O–H groups in total. The molecular formula is C8H10ClFN2S. The van der Waals surface area contributed by atoms with Gasteiger partial charge < -0.3 is 5.32 Å². The van der Waals surface area contributed by atoms with Gasteiger partial charge in [0.25, 0.3) is 0 Å². The molecular weight excluding hydrogens is 211 g/mol. The fraction of sp³-hybridized carbons (Fsp3) is 0.375. The summed E-state index contributed by atoms with van der Waals surface area (Å²) in [7, 11) is 0. The first-order valence-corrected chi connectivity index (χ1v) is 4.86. The molecule has 1 aromatic heterocycles. The van der Waals surface area contributed by atoms with Gasteiger partial charge in [-0.1, -0.05) is 11.6 Å². The van der Waals surface area contributed by atoms with Gasteiger partial charge in [-0.25, -0.2) is 9.37 Å². The van der Waals surface area contributed by atoms with E-state index < -0.39 is 5.82 Å². The van der Waals surface area contributed by atoms with Crippen molar-refractivity contribution >= 4 is 24.2 Å². The number of nitrogens with one attached hydrogen (secondary N) is 1. The Morgan fingerprint density at radius 1 is 1.62 bits per heavy atom. The molecule has 2 nitrogen and oxygen atoms in total. The number of rotatable bonds is 4. The van der Waals surface area contributed by atoms with E-state index in [2.05, 4.69) is 22.9 Å². The predicted molar refractivity (Wildman–Crippen MR) is 54.8 cm³/mol. The van der Waals surface area contributed by atoms with Gasteiger partial charge in [0.05, 0.1) is 0 Å². The zero-order chi connectivity index (χ0) is 9.68. The van der Waals surface area contributed by atoms with Gasteiger partial charge in [0.2, 0.25) is 0 Å². The van der Waals surface area contributed by atoms with Crippen LogP contribution in [-0.4, -0.2) is 17.3 Å². The van der Waals surface area contributed by atoms with Gasteiger partial charge in [-0.05, 0) is 11.6 Å². The highest BCUT2D eigenvalue weighted by molar-refractivity contribution is 7.80. The topological polar surface area (TPSA) is 24.9 Å². The Balaban J connectivity index is 2.53. The summed E-state index contributed by atoms with van der Waals surface area (Å²) in [4.78, 5) is 3.69. The highest BCUT2D eigenvalue weighted by atomic mass is 35.5. The van der Waals surface area contributed by atoms with Gasteiger partial charge in [0.1, 0.15) is 0 Å². The van der Waals surface area contributed by atoms with Crippen LogP contribution in [0.4, 0.5) is 4.39 Å². The van der Waals surface area contributed by atoms with E-state index in [0.717, 1.165) is 17.9 Å². The van der Waals surface area contributed by atoms with E-state index in [0.29, 0.717) is 6.54 Å². The van der Waals surface area contributed by atoms with Crippen LogP contribution in [0.2, 0.25) is 5.15 Å². The number of pyridine rings is 1. The maximum Gasteiger partial charge on any atom is 0.164 e. The van der Waals surface area contributed by atoms with Crippen LogP contribution in [0.1, 0.15) is 5.56 Å². The van der Waals surface area contributed by atoms with E-state index >= 15 is 0 Å². The van der Waals surface area contributed by atoms with Crippen LogP contribution in [0, 0.1) is 5.82 Å². The zero-order valence-corrected chi connectivity index (χ0v) is 8.58. The van der Waals surface area contributed by atoms with Gasteiger partial charge >= 0.3 is 0 Å². The molecule has 0 aromatic carbocycles. The largest absolute Gasteiger partial charge is 0.312 e. The molecule has 0 saturated carbocycles. The average Bonchev–Trinajstić information content (AvgIpc) is 2.12. The number of thiol groups is 1. The Morgan fingerprint density at radius 3 is 3.00 bits per heavy atom. The maximum atomic E-state index is 12.9. The standard InChI is InChI=1S/C8H10ClFN2S/c9-8-7(10)3-6(5-12-8)4-11-1-2-13/h3,5,11,13H,1-2,4H2. The molecule has 1 heterocycles. The van der Waals surface area contributed by atoms with Gasteiger partial charge in [-0.15, -0.1) is 0 Å². The van der Waals surface area contributed by atoms with Crippen molar-refractivity contribution in [1.29, 1.82) is 0 Å². The van der Waals surface area contributed by atoms with E-state index in [9.17, 15) is 4.39 Å². The molecule has 0 amide bonds. The summed E-state index contributed by atoms with van der Waals surface area (Å²) in [6.07, 6.45) is 1.55.